The number of halogens is 1. The molecule has 0 spiro atoms. The fourth-order valence-corrected chi connectivity index (χ4v) is 2.11. The molecule has 0 unspecified atom stereocenters. The zero-order chi connectivity index (χ0) is 16.1. The molecule has 3 aromatic rings. The number of nitrogens with one attached hydrogen (secondary N) is 1. The van der Waals surface area contributed by atoms with E-state index in [1.807, 2.05) is 24.3 Å². The van der Waals surface area contributed by atoms with Gasteiger partial charge in [-0.05, 0) is 35.9 Å². The minimum absolute atomic E-state index is 0.242. The van der Waals surface area contributed by atoms with E-state index in [0.29, 0.717) is 24.9 Å². The summed E-state index contributed by atoms with van der Waals surface area (Å²) in [7, 11) is 1.61. The number of methoxy groups -OCH3 is 1. The van der Waals surface area contributed by atoms with Crippen LogP contribution >= 0.6 is 0 Å². The molecular formula is C17H16FN3O2. The van der Waals surface area contributed by atoms with Crippen LogP contribution in [-0.4, -0.2) is 17.3 Å². The van der Waals surface area contributed by atoms with Gasteiger partial charge in [0.25, 0.3) is 0 Å². The van der Waals surface area contributed by atoms with Crippen LogP contribution in [0.5, 0.6) is 5.75 Å². The Hall–Kier alpha value is -2.73. The summed E-state index contributed by atoms with van der Waals surface area (Å²) in [5, 5.41) is 11.2. The maximum Gasteiger partial charge on any atom is 0.247 e. The quantitative estimate of drug-likeness (QED) is 0.757. The lowest BCUT2D eigenvalue weighted by atomic mass is 10.2. The lowest BCUT2D eigenvalue weighted by Crippen LogP contribution is -2.12. The molecule has 0 aliphatic heterocycles. The molecule has 0 aliphatic rings. The molecule has 0 atom stereocenters. The van der Waals surface area contributed by atoms with Crippen molar-refractivity contribution in [2.75, 3.05) is 7.11 Å². The minimum Gasteiger partial charge on any atom is -0.497 e. The van der Waals surface area contributed by atoms with Gasteiger partial charge in [0.05, 0.1) is 13.7 Å². The first-order valence-electron chi connectivity index (χ1n) is 7.16. The third-order valence-corrected chi connectivity index (χ3v) is 3.30. The highest BCUT2D eigenvalue weighted by Crippen LogP contribution is 2.22. The fraction of sp³-hybridized carbons (Fsp3) is 0.176. The Labute approximate surface area is 133 Å². The van der Waals surface area contributed by atoms with Crippen molar-refractivity contribution in [3.63, 3.8) is 0 Å². The van der Waals surface area contributed by atoms with Crippen LogP contribution in [0, 0.1) is 5.82 Å². The summed E-state index contributed by atoms with van der Waals surface area (Å²) in [5.74, 6) is 1.43. The Morgan fingerprint density at radius 2 is 1.91 bits per heavy atom. The van der Waals surface area contributed by atoms with Gasteiger partial charge >= 0.3 is 0 Å². The van der Waals surface area contributed by atoms with Crippen LogP contribution in [0.1, 0.15) is 11.5 Å². The number of nitrogens with zero attached hydrogens (tertiary/aromatic N) is 2. The highest BCUT2D eigenvalue weighted by molar-refractivity contribution is 5.55. The van der Waals surface area contributed by atoms with Crippen LogP contribution in [0.15, 0.2) is 52.9 Å². The zero-order valence-electron chi connectivity index (χ0n) is 12.6. The third-order valence-electron chi connectivity index (χ3n) is 3.30. The molecule has 6 heteroatoms. The van der Waals surface area contributed by atoms with Crippen molar-refractivity contribution in [2.45, 2.75) is 13.1 Å². The maximum atomic E-state index is 12.8. The van der Waals surface area contributed by atoms with Crippen LogP contribution in [0.3, 0.4) is 0 Å². The second-order valence-corrected chi connectivity index (χ2v) is 4.96. The van der Waals surface area contributed by atoms with Crippen LogP contribution in [-0.2, 0) is 13.1 Å². The molecule has 0 radical (unpaired) electrons. The highest BCUT2D eigenvalue weighted by Gasteiger charge is 2.09. The summed E-state index contributed by atoms with van der Waals surface area (Å²) in [6, 6.07) is 13.8. The molecule has 0 amide bonds. The van der Waals surface area contributed by atoms with Crippen LogP contribution < -0.4 is 10.1 Å². The molecule has 118 valence electrons. The molecule has 2 aromatic carbocycles. The van der Waals surface area contributed by atoms with Crippen molar-refractivity contribution in [2.24, 2.45) is 0 Å². The lowest BCUT2D eigenvalue weighted by Gasteiger charge is -2.02. The molecule has 3 rings (SSSR count). The van der Waals surface area contributed by atoms with Crippen molar-refractivity contribution >= 4 is 0 Å². The number of hydrogen-bond acceptors (Lipinski definition) is 5. The average molecular weight is 313 g/mol. The number of benzene rings is 2. The van der Waals surface area contributed by atoms with Crippen molar-refractivity contribution in [1.82, 2.24) is 15.5 Å². The average Bonchev–Trinajstić information content (AvgIpc) is 3.06. The first-order chi connectivity index (χ1) is 11.2. The summed E-state index contributed by atoms with van der Waals surface area (Å²) in [6.45, 7) is 1.03. The lowest BCUT2D eigenvalue weighted by molar-refractivity contribution is 0.414. The molecule has 0 aliphatic carbocycles. The summed E-state index contributed by atoms with van der Waals surface area (Å²) < 4.78 is 23.6. The first-order valence-corrected chi connectivity index (χ1v) is 7.16. The third kappa shape index (κ3) is 3.92. The predicted molar refractivity (Wildman–Crippen MR) is 83.2 cm³/mol. The molecule has 0 saturated carbocycles. The molecule has 1 heterocycles. The SMILES string of the molecule is COc1cccc(-c2nnc(CNCc3ccc(F)cc3)o2)c1. The molecule has 1 N–H and O–H groups in total. The second-order valence-electron chi connectivity index (χ2n) is 4.96. The van der Waals surface area contributed by atoms with Crippen molar-refractivity contribution in [3.8, 4) is 17.2 Å². The molecular weight excluding hydrogens is 297 g/mol. The number of hydrogen-bond donors (Lipinski definition) is 1. The van der Waals surface area contributed by atoms with E-state index in [1.165, 1.54) is 12.1 Å². The summed E-state index contributed by atoms with van der Waals surface area (Å²) >= 11 is 0. The second kappa shape index (κ2) is 7.02. The van der Waals surface area contributed by atoms with E-state index >= 15 is 0 Å². The van der Waals surface area contributed by atoms with E-state index in [2.05, 4.69) is 15.5 Å². The molecule has 1 aromatic heterocycles. The molecule has 23 heavy (non-hydrogen) atoms. The molecule has 5 nitrogen and oxygen atoms in total. The number of aromatic nitrogens is 2. The summed E-state index contributed by atoms with van der Waals surface area (Å²) in [5.41, 5.74) is 1.79. The van der Waals surface area contributed by atoms with E-state index in [-0.39, 0.29) is 5.82 Å². The topological polar surface area (TPSA) is 60.2 Å². The Bertz CT molecular complexity index is 772. The van der Waals surface area contributed by atoms with Crippen LogP contribution in [0.4, 0.5) is 4.39 Å². The largest absolute Gasteiger partial charge is 0.497 e. The van der Waals surface area contributed by atoms with Gasteiger partial charge in [0.1, 0.15) is 11.6 Å². The smallest absolute Gasteiger partial charge is 0.247 e. The van der Waals surface area contributed by atoms with Gasteiger partial charge in [0.15, 0.2) is 0 Å². The minimum atomic E-state index is -0.242. The zero-order valence-corrected chi connectivity index (χ0v) is 12.6. The first kappa shape index (κ1) is 15.2. The van der Waals surface area contributed by atoms with Gasteiger partial charge < -0.3 is 14.5 Å². The summed E-state index contributed by atoms with van der Waals surface area (Å²) in [4.78, 5) is 0. The van der Waals surface area contributed by atoms with Gasteiger partial charge in [-0.3, -0.25) is 0 Å². The van der Waals surface area contributed by atoms with Gasteiger partial charge in [0, 0.05) is 12.1 Å². The standard InChI is InChI=1S/C17H16FN3O2/c1-22-15-4-2-3-13(9-15)17-21-20-16(23-17)11-19-10-12-5-7-14(18)8-6-12/h2-9,19H,10-11H2,1H3. The van der Waals surface area contributed by atoms with Gasteiger partial charge in [0.2, 0.25) is 11.8 Å². The normalized spacial score (nSPS) is 10.7. The van der Waals surface area contributed by atoms with Crippen LogP contribution in [0.2, 0.25) is 0 Å². The van der Waals surface area contributed by atoms with Gasteiger partial charge in [-0.1, -0.05) is 18.2 Å². The predicted octanol–water partition coefficient (Wildman–Crippen LogP) is 3.17. The number of rotatable bonds is 6. The van der Waals surface area contributed by atoms with Gasteiger partial charge in [-0.25, -0.2) is 4.39 Å². The van der Waals surface area contributed by atoms with Crippen molar-refractivity contribution < 1.29 is 13.5 Å². The van der Waals surface area contributed by atoms with E-state index in [0.717, 1.165) is 16.9 Å². The molecule has 0 bridgehead atoms. The van der Waals surface area contributed by atoms with Crippen molar-refractivity contribution in [1.29, 1.82) is 0 Å². The van der Waals surface area contributed by atoms with Gasteiger partial charge in [-0.15, -0.1) is 10.2 Å². The van der Waals surface area contributed by atoms with Gasteiger partial charge in [-0.2, -0.15) is 0 Å². The maximum absolute atomic E-state index is 12.8. The van der Waals surface area contributed by atoms with E-state index < -0.39 is 0 Å². The molecule has 0 saturated heterocycles. The Morgan fingerprint density at radius 1 is 1.09 bits per heavy atom. The van der Waals surface area contributed by atoms with E-state index in [1.54, 1.807) is 19.2 Å². The highest BCUT2D eigenvalue weighted by atomic mass is 19.1. The Balaban J connectivity index is 1.59. The van der Waals surface area contributed by atoms with E-state index in [4.69, 9.17) is 9.15 Å². The molecule has 0 fully saturated rings. The summed E-state index contributed by atoms with van der Waals surface area (Å²) in [6.07, 6.45) is 0. The monoisotopic (exact) mass is 313 g/mol. The van der Waals surface area contributed by atoms with Crippen molar-refractivity contribution in [3.05, 3.63) is 65.8 Å². The Morgan fingerprint density at radius 3 is 2.70 bits per heavy atom. The Kier molecular flexibility index (Phi) is 4.63. The fourth-order valence-electron chi connectivity index (χ4n) is 2.11. The van der Waals surface area contributed by atoms with Crippen LogP contribution in [0.25, 0.3) is 11.5 Å². The van der Waals surface area contributed by atoms with E-state index in [9.17, 15) is 4.39 Å². The number of ether oxygens (including phenoxy) is 1.